The van der Waals surface area contributed by atoms with Gasteiger partial charge in [0.05, 0.1) is 12.4 Å². The van der Waals surface area contributed by atoms with Crippen LogP contribution < -0.4 is 0 Å². The van der Waals surface area contributed by atoms with E-state index in [2.05, 4.69) is 12.2 Å². The Morgan fingerprint density at radius 3 is 2.78 bits per heavy atom. The van der Waals surface area contributed by atoms with Crippen LogP contribution in [-0.2, 0) is 19.4 Å². The molecule has 0 saturated carbocycles. The highest BCUT2D eigenvalue weighted by Crippen LogP contribution is 2.39. The molecule has 1 N–H and O–H groups in total. The zero-order chi connectivity index (χ0) is 13.7. The van der Waals surface area contributed by atoms with Gasteiger partial charge >= 0.3 is 0 Å². The van der Waals surface area contributed by atoms with Crippen LogP contribution in [0.2, 0.25) is 0 Å². The molecular weight excluding hydrogens is 302 g/mol. The van der Waals surface area contributed by atoms with Gasteiger partial charge in [-0.05, 0) is 17.8 Å². The Kier molecular flexibility index (Phi) is 3.39. The number of methoxy groups -OCH3 is 1. The number of nitrogens with zero attached hydrogens (tertiary/aromatic N) is 1. The lowest BCUT2D eigenvalue weighted by atomic mass is 10.1. The number of hydrogen-bond donors (Lipinski definition) is 1. The van der Waals surface area contributed by atoms with Crippen molar-refractivity contribution >= 4 is 44.6 Å². The van der Waals surface area contributed by atoms with Crippen molar-refractivity contribution in [1.82, 2.24) is 4.90 Å². The number of rotatable bonds is 3. The quantitative estimate of drug-likeness (QED) is 0.448. The van der Waals surface area contributed by atoms with Crippen LogP contribution in [0.15, 0.2) is 11.3 Å². The van der Waals surface area contributed by atoms with Crippen LogP contribution in [0.5, 0.6) is 0 Å². The average Bonchev–Trinajstić information content (AvgIpc) is 2.26. The van der Waals surface area contributed by atoms with Gasteiger partial charge in [-0.2, -0.15) is 0 Å². The summed E-state index contributed by atoms with van der Waals surface area (Å²) < 4.78 is 28.8. The highest BCUT2D eigenvalue weighted by Gasteiger charge is 2.58. The monoisotopic (exact) mass is 311 g/mol. The molecule has 100 valence electrons. The summed E-state index contributed by atoms with van der Waals surface area (Å²) in [7, 11) is -2.20. The molecule has 0 radical (unpaired) electrons. The second-order valence-electron chi connectivity index (χ2n) is 4.00. The molecule has 6 nitrogen and oxygen atoms in total. The van der Waals surface area contributed by atoms with Crippen molar-refractivity contribution in [1.29, 1.82) is 0 Å². The number of sulfone groups is 1. The van der Waals surface area contributed by atoms with Crippen LogP contribution in [0.3, 0.4) is 0 Å². The van der Waals surface area contributed by atoms with E-state index in [4.69, 9.17) is 16.3 Å². The fraction of sp³-hybridized carbons (Fsp3) is 0.556. The van der Waals surface area contributed by atoms with Crippen LogP contribution in [0.4, 0.5) is 0 Å². The van der Waals surface area contributed by atoms with Gasteiger partial charge in [-0.3, -0.25) is 9.69 Å². The Morgan fingerprint density at radius 1 is 1.67 bits per heavy atom. The predicted octanol–water partition coefficient (Wildman–Crippen LogP) is -0.0236. The molecule has 1 amide bonds. The minimum atomic E-state index is -3.58. The van der Waals surface area contributed by atoms with Gasteiger partial charge in [0.2, 0.25) is 11.0 Å². The number of amides is 1. The smallest absolute Gasteiger partial charge is 0.249 e. The van der Waals surface area contributed by atoms with E-state index in [0.29, 0.717) is 0 Å². The Labute approximate surface area is 114 Å². The SMILES string of the molecule is COCC1=C(C(O)=S)N2C(=O)[C@H](Cl)C2S(=O)(=O)C1. The first-order valence-corrected chi connectivity index (χ1v) is 7.50. The standard InChI is InChI=1S/C9H10ClNO5S2/c1-16-2-4-3-18(14,15)8-5(10)7(12)11(8)6(4)9(13)17/h5,8H,2-3H2,1H3,(H,13,17)/t5-,8?/m0/s1. The van der Waals surface area contributed by atoms with Crippen LogP contribution in [0, 0.1) is 0 Å². The molecule has 0 aliphatic carbocycles. The van der Waals surface area contributed by atoms with Gasteiger partial charge in [-0.1, -0.05) is 0 Å². The summed E-state index contributed by atoms with van der Waals surface area (Å²) in [5.41, 5.74) is 0.298. The van der Waals surface area contributed by atoms with E-state index in [9.17, 15) is 18.3 Å². The van der Waals surface area contributed by atoms with Crippen molar-refractivity contribution < 1.29 is 23.1 Å². The van der Waals surface area contributed by atoms with E-state index >= 15 is 0 Å². The van der Waals surface area contributed by atoms with E-state index < -0.39 is 31.5 Å². The summed E-state index contributed by atoms with van der Waals surface area (Å²) in [4.78, 5) is 12.6. The van der Waals surface area contributed by atoms with Crippen molar-refractivity contribution in [2.75, 3.05) is 19.5 Å². The Balaban J connectivity index is 2.55. The normalized spacial score (nSPS) is 29.9. The van der Waals surface area contributed by atoms with E-state index in [1.807, 2.05) is 0 Å². The van der Waals surface area contributed by atoms with Crippen LogP contribution in [0.1, 0.15) is 0 Å². The lowest BCUT2D eigenvalue weighted by Gasteiger charge is -2.47. The molecule has 1 saturated heterocycles. The number of aliphatic hydroxyl groups excluding tert-OH is 1. The van der Waals surface area contributed by atoms with Gasteiger partial charge < -0.3 is 9.84 Å². The number of thiocarbonyl (C=S) groups is 1. The minimum Gasteiger partial charge on any atom is -0.497 e. The highest BCUT2D eigenvalue weighted by atomic mass is 35.5. The number of β-lactam (4-membered cyclic amide) rings is 1. The molecule has 2 heterocycles. The number of hydrogen-bond acceptors (Lipinski definition) is 5. The van der Waals surface area contributed by atoms with Gasteiger partial charge in [0.15, 0.2) is 15.2 Å². The summed E-state index contributed by atoms with van der Waals surface area (Å²) in [6.07, 6.45) is 0. The number of ether oxygens (including phenoxy) is 1. The predicted molar refractivity (Wildman–Crippen MR) is 68.2 cm³/mol. The second-order valence-corrected chi connectivity index (χ2v) is 6.95. The fourth-order valence-electron chi connectivity index (χ4n) is 2.11. The molecule has 0 aromatic heterocycles. The maximum absolute atomic E-state index is 12.0. The average molecular weight is 312 g/mol. The molecule has 2 aliphatic rings. The molecule has 1 unspecified atom stereocenters. The van der Waals surface area contributed by atoms with Crippen molar-refractivity contribution in [2.24, 2.45) is 0 Å². The highest BCUT2D eigenvalue weighted by molar-refractivity contribution is 7.92. The van der Waals surface area contributed by atoms with Gasteiger partial charge in [0.1, 0.15) is 11.1 Å². The summed E-state index contributed by atoms with van der Waals surface area (Å²) in [6, 6.07) is 0. The molecule has 1 fully saturated rings. The second kappa shape index (κ2) is 4.44. The number of fused-ring (bicyclic) bond motifs is 1. The molecular formula is C9H10ClNO5S2. The number of halogens is 1. The Morgan fingerprint density at radius 2 is 2.28 bits per heavy atom. The number of alkyl halides is 1. The maximum atomic E-state index is 12.0. The third-order valence-corrected chi connectivity index (χ3v) is 5.56. The van der Waals surface area contributed by atoms with Crippen molar-refractivity contribution in [3.05, 3.63) is 11.3 Å². The first-order chi connectivity index (χ1) is 8.31. The largest absolute Gasteiger partial charge is 0.497 e. The molecule has 18 heavy (non-hydrogen) atoms. The third-order valence-electron chi connectivity index (χ3n) is 2.82. The minimum absolute atomic E-state index is 0.0291. The van der Waals surface area contributed by atoms with E-state index in [1.54, 1.807) is 0 Å². The molecule has 0 aromatic rings. The number of carbonyl (C=O) groups excluding carboxylic acids is 1. The molecule has 2 rings (SSSR count). The fourth-order valence-corrected chi connectivity index (χ4v) is 4.93. The summed E-state index contributed by atoms with van der Waals surface area (Å²) in [6.45, 7) is -0.0291. The summed E-state index contributed by atoms with van der Waals surface area (Å²) in [5.74, 6) is -0.904. The van der Waals surface area contributed by atoms with Crippen molar-refractivity contribution in [3.63, 3.8) is 0 Å². The van der Waals surface area contributed by atoms with Crippen LogP contribution >= 0.6 is 23.8 Å². The molecule has 2 atom stereocenters. The van der Waals surface area contributed by atoms with Gasteiger partial charge in [0.25, 0.3) is 0 Å². The zero-order valence-electron chi connectivity index (χ0n) is 9.29. The Hall–Kier alpha value is -0.700. The topological polar surface area (TPSA) is 83.9 Å². The lowest BCUT2D eigenvalue weighted by molar-refractivity contribution is -0.138. The molecule has 0 aromatic carbocycles. The van der Waals surface area contributed by atoms with Gasteiger partial charge in [0, 0.05) is 7.11 Å². The summed E-state index contributed by atoms with van der Waals surface area (Å²) in [5, 5.41) is 6.66. The van der Waals surface area contributed by atoms with Crippen LogP contribution in [-0.4, -0.2) is 59.6 Å². The number of aliphatic hydroxyl groups is 1. The van der Waals surface area contributed by atoms with E-state index in [-0.39, 0.29) is 23.6 Å². The number of carbonyl (C=O) groups is 1. The first-order valence-electron chi connectivity index (χ1n) is 4.94. The zero-order valence-corrected chi connectivity index (χ0v) is 11.7. The van der Waals surface area contributed by atoms with E-state index in [0.717, 1.165) is 4.90 Å². The molecule has 2 aliphatic heterocycles. The molecule has 0 bridgehead atoms. The van der Waals surface area contributed by atoms with Crippen LogP contribution in [0.25, 0.3) is 0 Å². The van der Waals surface area contributed by atoms with Crippen molar-refractivity contribution in [3.8, 4) is 0 Å². The lowest BCUT2D eigenvalue weighted by Crippen LogP contribution is -2.68. The van der Waals surface area contributed by atoms with E-state index in [1.165, 1.54) is 7.11 Å². The third kappa shape index (κ3) is 1.83. The maximum Gasteiger partial charge on any atom is 0.249 e. The van der Waals surface area contributed by atoms with Gasteiger partial charge in [-0.15, -0.1) is 11.6 Å². The molecule has 0 spiro atoms. The molecule has 9 heteroatoms. The first kappa shape index (κ1) is 13.7. The summed E-state index contributed by atoms with van der Waals surface area (Å²) >= 11 is 10.4. The van der Waals surface area contributed by atoms with Crippen molar-refractivity contribution in [2.45, 2.75) is 10.8 Å². The Bertz CT molecular complexity index is 555. The van der Waals surface area contributed by atoms with Gasteiger partial charge in [-0.25, -0.2) is 8.42 Å².